The van der Waals surface area contributed by atoms with Crippen LogP contribution in [0.3, 0.4) is 0 Å². The molecule has 0 amide bonds. The molecule has 0 fully saturated rings. The third-order valence-electron chi connectivity index (χ3n) is 2.78. The molecule has 0 atom stereocenters. The average molecular weight is 250 g/mol. The lowest BCUT2D eigenvalue weighted by atomic mass is 10.2. The molecule has 0 saturated carbocycles. The highest BCUT2D eigenvalue weighted by molar-refractivity contribution is 5.07. The molecule has 0 aliphatic carbocycles. The Kier molecular flexibility index (Phi) is 6.76. The molecule has 0 aromatic carbocycles. The van der Waals surface area contributed by atoms with Crippen LogP contribution in [0.5, 0.6) is 0 Å². The Labute approximate surface area is 111 Å². The van der Waals surface area contributed by atoms with E-state index in [9.17, 15) is 0 Å². The fourth-order valence-corrected chi connectivity index (χ4v) is 1.79. The van der Waals surface area contributed by atoms with Crippen LogP contribution in [0.1, 0.15) is 32.3 Å². The average Bonchev–Trinajstić information content (AvgIpc) is 2.76. The van der Waals surface area contributed by atoms with E-state index in [1.165, 1.54) is 0 Å². The molecule has 3 heteroatoms. The lowest BCUT2D eigenvalue weighted by Gasteiger charge is -2.16. The van der Waals surface area contributed by atoms with E-state index in [0.717, 1.165) is 44.2 Å². The van der Waals surface area contributed by atoms with Gasteiger partial charge in [0.1, 0.15) is 11.5 Å². The van der Waals surface area contributed by atoms with E-state index < -0.39 is 0 Å². The van der Waals surface area contributed by atoms with Crippen LogP contribution in [0, 0.1) is 5.92 Å². The Bertz CT molecular complexity index is 344. The predicted molar refractivity (Wildman–Crippen MR) is 76.4 cm³/mol. The number of hydrogen-bond donors (Lipinski definition) is 1. The quantitative estimate of drug-likeness (QED) is 0.683. The molecule has 0 aliphatic heterocycles. The maximum Gasteiger partial charge on any atom is 0.118 e. The summed E-state index contributed by atoms with van der Waals surface area (Å²) in [4.78, 5) is 2.29. The highest BCUT2D eigenvalue weighted by Gasteiger charge is 2.06. The van der Waals surface area contributed by atoms with Crippen molar-refractivity contribution in [3.63, 3.8) is 0 Å². The third-order valence-corrected chi connectivity index (χ3v) is 2.78. The monoisotopic (exact) mass is 250 g/mol. The van der Waals surface area contributed by atoms with E-state index in [0.29, 0.717) is 5.92 Å². The van der Waals surface area contributed by atoms with Crippen LogP contribution in [-0.2, 0) is 13.1 Å². The van der Waals surface area contributed by atoms with Crippen LogP contribution < -0.4 is 5.32 Å². The summed E-state index contributed by atoms with van der Waals surface area (Å²) in [6, 6.07) is 4.13. The van der Waals surface area contributed by atoms with Crippen LogP contribution in [0.2, 0.25) is 0 Å². The third kappa shape index (κ3) is 5.52. The fourth-order valence-electron chi connectivity index (χ4n) is 1.79. The molecule has 3 nitrogen and oxygen atoms in total. The molecule has 1 N–H and O–H groups in total. The molecule has 0 aliphatic rings. The minimum atomic E-state index is 0.669. The SMILES string of the molecule is C=CCN(CC)Cc1ccc(CNCC(C)C)o1. The Balaban J connectivity index is 2.39. The predicted octanol–water partition coefficient (Wildman–Crippen LogP) is 3.03. The maximum atomic E-state index is 5.81. The maximum absolute atomic E-state index is 5.81. The molecular weight excluding hydrogens is 224 g/mol. The number of likely N-dealkylation sites (N-methyl/N-ethyl adjacent to an activating group) is 1. The van der Waals surface area contributed by atoms with Crippen molar-refractivity contribution in [2.45, 2.75) is 33.9 Å². The van der Waals surface area contributed by atoms with Crippen molar-refractivity contribution >= 4 is 0 Å². The standard InChI is InChI=1S/C15H26N2O/c1-5-9-17(6-2)12-15-8-7-14(18-15)11-16-10-13(3)4/h5,7-8,13,16H,1,6,9-12H2,2-4H3. The Morgan fingerprint density at radius 1 is 1.39 bits per heavy atom. The second-order valence-electron chi connectivity index (χ2n) is 5.01. The summed E-state index contributed by atoms with van der Waals surface area (Å²) in [6.07, 6.45) is 1.93. The summed E-state index contributed by atoms with van der Waals surface area (Å²) < 4.78 is 5.81. The molecule has 0 saturated heterocycles. The topological polar surface area (TPSA) is 28.4 Å². The highest BCUT2D eigenvalue weighted by Crippen LogP contribution is 2.10. The Hall–Kier alpha value is -1.06. The number of nitrogens with zero attached hydrogens (tertiary/aromatic N) is 1. The zero-order valence-corrected chi connectivity index (χ0v) is 11.9. The summed E-state index contributed by atoms with van der Waals surface area (Å²) >= 11 is 0. The number of nitrogens with one attached hydrogen (secondary N) is 1. The number of furan rings is 1. The van der Waals surface area contributed by atoms with Gasteiger partial charge in [0.05, 0.1) is 13.1 Å². The van der Waals surface area contributed by atoms with Gasteiger partial charge in [0.2, 0.25) is 0 Å². The van der Waals surface area contributed by atoms with Crippen LogP contribution in [0.25, 0.3) is 0 Å². The van der Waals surface area contributed by atoms with E-state index in [1.54, 1.807) is 0 Å². The molecule has 0 bridgehead atoms. The second kappa shape index (κ2) is 8.11. The van der Waals surface area contributed by atoms with Gasteiger partial charge < -0.3 is 9.73 Å². The van der Waals surface area contributed by atoms with Crippen molar-refractivity contribution in [3.05, 3.63) is 36.3 Å². The second-order valence-corrected chi connectivity index (χ2v) is 5.01. The first-order chi connectivity index (χ1) is 8.65. The molecule has 1 aromatic rings. The van der Waals surface area contributed by atoms with Gasteiger partial charge in [-0.25, -0.2) is 0 Å². The number of rotatable bonds is 9. The lowest BCUT2D eigenvalue weighted by Crippen LogP contribution is -2.22. The van der Waals surface area contributed by atoms with Gasteiger partial charge in [0.15, 0.2) is 0 Å². The Morgan fingerprint density at radius 3 is 2.72 bits per heavy atom. The molecule has 1 rings (SSSR count). The summed E-state index contributed by atoms with van der Waals surface area (Å²) in [6.45, 7) is 14.9. The van der Waals surface area contributed by atoms with Gasteiger partial charge >= 0.3 is 0 Å². The van der Waals surface area contributed by atoms with Crippen molar-refractivity contribution in [2.24, 2.45) is 5.92 Å². The van der Waals surface area contributed by atoms with Crippen LogP contribution >= 0.6 is 0 Å². The molecule has 1 aromatic heterocycles. The van der Waals surface area contributed by atoms with E-state index in [1.807, 2.05) is 6.08 Å². The van der Waals surface area contributed by atoms with Crippen molar-refractivity contribution in [1.29, 1.82) is 0 Å². The molecule has 0 spiro atoms. The van der Waals surface area contributed by atoms with Gasteiger partial charge in [-0.15, -0.1) is 6.58 Å². The van der Waals surface area contributed by atoms with Gasteiger partial charge in [-0.3, -0.25) is 4.90 Å². The zero-order chi connectivity index (χ0) is 13.4. The van der Waals surface area contributed by atoms with Gasteiger partial charge in [-0.05, 0) is 31.1 Å². The minimum Gasteiger partial charge on any atom is -0.463 e. The van der Waals surface area contributed by atoms with Crippen LogP contribution in [-0.4, -0.2) is 24.5 Å². The van der Waals surface area contributed by atoms with Crippen LogP contribution in [0.15, 0.2) is 29.2 Å². The van der Waals surface area contributed by atoms with Crippen molar-refractivity contribution < 1.29 is 4.42 Å². The molecule has 18 heavy (non-hydrogen) atoms. The summed E-state index contributed by atoms with van der Waals surface area (Å²) in [5, 5.41) is 3.38. The van der Waals surface area contributed by atoms with Gasteiger partial charge in [-0.2, -0.15) is 0 Å². The largest absolute Gasteiger partial charge is 0.463 e. The fraction of sp³-hybridized carbons (Fsp3) is 0.600. The minimum absolute atomic E-state index is 0.669. The first-order valence-corrected chi connectivity index (χ1v) is 6.77. The lowest BCUT2D eigenvalue weighted by molar-refractivity contribution is 0.276. The normalized spacial score (nSPS) is 11.4. The molecule has 0 radical (unpaired) electrons. The molecule has 0 unspecified atom stereocenters. The van der Waals surface area contributed by atoms with E-state index in [-0.39, 0.29) is 0 Å². The van der Waals surface area contributed by atoms with Crippen LogP contribution in [0.4, 0.5) is 0 Å². The summed E-state index contributed by atoms with van der Waals surface area (Å²) in [7, 11) is 0. The smallest absolute Gasteiger partial charge is 0.118 e. The summed E-state index contributed by atoms with van der Waals surface area (Å²) in [5.41, 5.74) is 0. The molecule has 102 valence electrons. The molecule has 1 heterocycles. The van der Waals surface area contributed by atoms with E-state index >= 15 is 0 Å². The first-order valence-electron chi connectivity index (χ1n) is 6.77. The molecular formula is C15H26N2O. The van der Waals surface area contributed by atoms with E-state index in [4.69, 9.17) is 4.42 Å². The summed E-state index contributed by atoms with van der Waals surface area (Å²) in [5.74, 6) is 2.71. The highest BCUT2D eigenvalue weighted by atomic mass is 16.3. The first kappa shape index (κ1) is 15.0. The van der Waals surface area contributed by atoms with Gasteiger partial charge in [-0.1, -0.05) is 26.8 Å². The van der Waals surface area contributed by atoms with Crippen molar-refractivity contribution in [2.75, 3.05) is 19.6 Å². The van der Waals surface area contributed by atoms with Crippen molar-refractivity contribution in [3.8, 4) is 0 Å². The number of hydrogen-bond acceptors (Lipinski definition) is 3. The van der Waals surface area contributed by atoms with E-state index in [2.05, 4.69) is 49.7 Å². The van der Waals surface area contributed by atoms with Gasteiger partial charge in [0.25, 0.3) is 0 Å². The Morgan fingerprint density at radius 2 is 2.11 bits per heavy atom. The zero-order valence-electron chi connectivity index (χ0n) is 11.9. The van der Waals surface area contributed by atoms with Crippen molar-refractivity contribution in [1.82, 2.24) is 10.2 Å². The van der Waals surface area contributed by atoms with Gasteiger partial charge in [0, 0.05) is 6.54 Å².